The van der Waals surface area contributed by atoms with Gasteiger partial charge in [0.05, 0.1) is 19.9 Å². The highest BCUT2D eigenvalue weighted by atomic mass is 16.5. The number of hydrogen-bond donors (Lipinski definition) is 1. The molecule has 94 valence electrons. The minimum atomic E-state index is -0.432. The largest absolute Gasteiger partial charge is 0.464 e. The maximum Gasteiger partial charge on any atom is 0.356 e. The zero-order valence-corrected chi connectivity index (χ0v) is 10.3. The van der Waals surface area contributed by atoms with Crippen LogP contribution in [0.5, 0.6) is 0 Å². The molecular formula is C13H14N2O3. The Hall–Kier alpha value is -2.14. The number of nitrogens with one attached hydrogen (secondary N) is 1. The van der Waals surface area contributed by atoms with Crippen molar-refractivity contribution in [2.45, 2.75) is 6.61 Å². The van der Waals surface area contributed by atoms with Crippen molar-refractivity contribution in [1.82, 2.24) is 9.97 Å². The summed E-state index contributed by atoms with van der Waals surface area (Å²) < 4.78 is 9.76. The highest BCUT2D eigenvalue weighted by Gasteiger charge is 2.12. The fraction of sp³-hybridized carbons (Fsp3) is 0.231. The summed E-state index contributed by atoms with van der Waals surface area (Å²) in [4.78, 5) is 18.5. The molecule has 2 aromatic rings. The Bertz CT molecular complexity index is 549. The summed E-state index contributed by atoms with van der Waals surface area (Å²) in [5, 5.41) is 0. The molecule has 0 unspecified atom stereocenters. The lowest BCUT2D eigenvalue weighted by molar-refractivity contribution is 0.0595. The smallest absolute Gasteiger partial charge is 0.356 e. The van der Waals surface area contributed by atoms with E-state index in [4.69, 9.17) is 4.74 Å². The fourth-order valence-electron chi connectivity index (χ4n) is 1.70. The number of aromatic nitrogens is 2. The number of ether oxygens (including phenoxy) is 2. The maximum atomic E-state index is 11.4. The van der Waals surface area contributed by atoms with Crippen LogP contribution in [0.15, 0.2) is 30.5 Å². The number of H-pyrrole nitrogens is 1. The van der Waals surface area contributed by atoms with E-state index in [2.05, 4.69) is 14.7 Å². The second-order valence-electron chi connectivity index (χ2n) is 3.73. The molecule has 5 heteroatoms. The lowest BCUT2D eigenvalue weighted by atomic mass is 10.1. The summed E-state index contributed by atoms with van der Waals surface area (Å²) in [5.74, 6) is 0.195. The summed E-state index contributed by atoms with van der Waals surface area (Å²) in [7, 11) is 2.97. The molecule has 0 spiro atoms. The predicted octanol–water partition coefficient (Wildman–Crippen LogP) is 2.01. The second-order valence-corrected chi connectivity index (χ2v) is 3.73. The van der Waals surface area contributed by atoms with Crippen LogP contribution in [0.4, 0.5) is 0 Å². The van der Waals surface area contributed by atoms with Crippen LogP contribution in [0.2, 0.25) is 0 Å². The number of imidazole rings is 1. The molecular weight excluding hydrogens is 232 g/mol. The number of hydrogen-bond acceptors (Lipinski definition) is 4. The van der Waals surface area contributed by atoms with Gasteiger partial charge in [0.15, 0.2) is 0 Å². The number of aromatic amines is 1. The van der Waals surface area contributed by atoms with E-state index >= 15 is 0 Å². The number of carbonyl (C=O) groups excluding carboxylic acids is 1. The molecule has 0 aliphatic rings. The number of methoxy groups -OCH3 is 2. The third-order valence-electron chi connectivity index (χ3n) is 2.55. The number of nitrogens with zero attached hydrogens (tertiary/aromatic N) is 1. The van der Waals surface area contributed by atoms with Gasteiger partial charge in [0.2, 0.25) is 0 Å². The Morgan fingerprint density at radius 3 is 2.83 bits per heavy atom. The first-order chi connectivity index (χ1) is 8.76. The van der Waals surface area contributed by atoms with Crippen LogP contribution < -0.4 is 0 Å². The molecule has 0 saturated carbocycles. The van der Waals surface area contributed by atoms with E-state index in [-0.39, 0.29) is 0 Å². The molecule has 0 radical (unpaired) electrons. The molecule has 1 N–H and O–H groups in total. The molecule has 0 amide bonds. The topological polar surface area (TPSA) is 64.2 Å². The normalized spacial score (nSPS) is 10.3. The van der Waals surface area contributed by atoms with E-state index in [1.54, 1.807) is 7.11 Å². The highest BCUT2D eigenvalue weighted by molar-refractivity contribution is 5.87. The van der Waals surface area contributed by atoms with Crippen LogP contribution in [-0.4, -0.2) is 30.2 Å². The van der Waals surface area contributed by atoms with Crippen LogP contribution in [0.1, 0.15) is 16.1 Å². The monoisotopic (exact) mass is 246 g/mol. The average molecular weight is 246 g/mol. The second kappa shape index (κ2) is 5.46. The summed E-state index contributed by atoms with van der Waals surface area (Å²) in [6.45, 7) is 0.491. The quantitative estimate of drug-likeness (QED) is 0.838. The van der Waals surface area contributed by atoms with Gasteiger partial charge in [-0.2, -0.15) is 0 Å². The summed E-state index contributed by atoms with van der Waals surface area (Å²) in [6.07, 6.45) is 1.46. The van der Waals surface area contributed by atoms with Crippen molar-refractivity contribution < 1.29 is 14.3 Å². The number of carbonyl (C=O) groups is 1. The third-order valence-corrected chi connectivity index (χ3v) is 2.55. The number of esters is 1. The van der Waals surface area contributed by atoms with E-state index < -0.39 is 5.97 Å². The standard InChI is InChI=1S/C13H14N2O3/c1-17-8-9-5-3-4-6-10(9)12-14-7-11(15-12)13(16)18-2/h3-7H,8H2,1-2H3,(H,14,15). The van der Waals surface area contributed by atoms with E-state index in [1.165, 1.54) is 13.3 Å². The minimum Gasteiger partial charge on any atom is -0.464 e. The van der Waals surface area contributed by atoms with Crippen molar-refractivity contribution in [1.29, 1.82) is 0 Å². The van der Waals surface area contributed by atoms with Crippen molar-refractivity contribution in [3.05, 3.63) is 41.7 Å². The van der Waals surface area contributed by atoms with Crippen LogP contribution >= 0.6 is 0 Å². The Morgan fingerprint density at radius 1 is 1.33 bits per heavy atom. The van der Waals surface area contributed by atoms with E-state index in [0.29, 0.717) is 18.1 Å². The first-order valence-electron chi connectivity index (χ1n) is 5.46. The third kappa shape index (κ3) is 2.41. The molecule has 0 fully saturated rings. The fourth-order valence-corrected chi connectivity index (χ4v) is 1.70. The Morgan fingerprint density at radius 2 is 2.11 bits per heavy atom. The van der Waals surface area contributed by atoms with E-state index in [1.807, 2.05) is 24.3 Å². The molecule has 0 bridgehead atoms. The molecule has 1 aromatic heterocycles. The molecule has 1 heterocycles. The molecule has 0 saturated heterocycles. The van der Waals surface area contributed by atoms with Crippen molar-refractivity contribution in [2.24, 2.45) is 0 Å². The van der Waals surface area contributed by atoms with Gasteiger partial charge < -0.3 is 14.5 Å². The molecule has 18 heavy (non-hydrogen) atoms. The van der Waals surface area contributed by atoms with E-state index in [9.17, 15) is 4.79 Å². The van der Waals surface area contributed by atoms with Crippen molar-refractivity contribution in [2.75, 3.05) is 14.2 Å². The summed E-state index contributed by atoms with van der Waals surface area (Å²) >= 11 is 0. The van der Waals surface area contributed by atoms with E-state index in [0.717, 1.165) is 11.1 Å². The van der Waals surface area contributed by atoms with Gasteiger partial charge in [-0.3, -0.25) is 0 Å². The van der Waals surface area contributed by atoms with Crippen molar-refractivity contribution >= 4 is 5.97 Å². The lowest BCUT2D eigenvalue weighted by Crippen LogP contribution is -2.01. The molecule has 2 rings (SSSR count). The van der Waals surface area contributed by atoms with Gasteiger partial charge in [-0.05, 0) is 5.56 Å². The lowest BCUT2D eigenvalue weighted by Gasteiger charge is -2.05. The number of rotatable bonds is 4. The van der Waals surface area contributed by atoms with Gasteiger partial charge in [-0.25, -0.2) is 9.78 Å². The first-order valence-corrected chi connectivity index (χ1v) is 5.46. The van der Waals surface area contributed by atoms with Crippen LogP contribution in [0.25, 0.3) is 11.4 Å². The molecule has 0 aliphatic heterocycles. The van der Waals surface area contributed by atoms with Gasteiger partial charge >= 0.3 is 5.97 Å². The summed E-state index contributed by atoms with van der Waals surface area (Å²) in [6, 6.07) is 7.73. The first kappa shape index (κ1) is 12.3. The van der Waals surface area contributed by atoms with Gasteiger partial charge in [0.25, 0.3) is 0 Å². The predicted molar refractivity (Wildman–Crippen MR) is 66.1 cm³/mol. The van der Waals surface area contributed by atoms with Crippen molar-refractivity contribution in [3.8, 4) is 11.4 Å². The zero-order chi connectivity index (χ0) is 13.0. The molecule has 0 aliphatic carbocycles. The maximum absolute atomic E-state index is 11.4. The van der Waals surface area contributed by atoms with Crippen LogP contribution in [-0.2, 0) is 16.1 Å². The molecule has 5 nitrogen and oxygen atoms in total. The van der Waals surface area contributed by atoms with Gasteiger partial charge in [-0.15, -0.1) is 0 Å². The van der Waals surface area contributed by atoms with Crippen LogP contribution in [0, 0.1) is 0 Å². The van der Waals surface area contributed by atoms with Gasteiger partial charge in [-0.1, -0.05) is 24.3 Å². The van der Waals surface area contributed by atoms with Crippen LogP contribution in [0.3, 0.4) is 0 Å². The molecule has 1 aromatic carbocycles. The Labute approximate surface area is 105 Å². The Balaban J connectivity index is 2.36. The van der Waals surface area contributed by atoms with Crippen molar-refractivity contribution in [3.63, 3.8) is 0 Å². The highest BCUT2D eigenvalue weighted by Crippen LogP contribution is 2.21. The average Bonchev–Trinajstić information content (AvgIpc) is 2.88. The molecule has 0 atom stereocenters. The zero-order valence-electron chi connectivity index (χ0n) is 10.3. The van der Waals surface area contributed by atoms with Gasteiger partial charge in [0, 0.05) is 12.7 Å². The minimum absolute atomic E-state index is 0.333. The summed E-state index contributed by atoms with van der Waals surface area (Å²) in [5.41, 5.74) is 2.25. The van der Waals surface area contributed by atoms with Gasteiger partial charge in [0.1, 0.15) is 11.5 Å². The number of benzene rings is 1. The SMILES string of the molecule is COCc1ccccc1-c1ncc(C(=O)OC)[nH]1. The Kier molecular flexibility index (Phi) is 3.74.